The number of hydrogen-bond donors (Lipinski definition) is 1. The second-order valence-corrected chi connectivity index (χ2v) is 2.40. The van der Waals surface area contributed by atoms with E-state index in [1.807, 2.05) is 0 Å². The molecule has 0 saturated heterocycles. The van der Waals surface area contributed by atoms with E-state index in [4.69, 9.17) is 0 Å². The molecule has 0 radical (unpaired) electrons. The highest BCUT2D eigenvalue weighted by molar-refractivity contribution is 5.81. The molecule has 1 N–H and O–H groups in total. The fraction of sp³-hybridized carbons (Fsp3) is 0. The number of carbonyl (C=O) groups is 1. The highest BCUT2D eigenvalue weighted by Crippen LogP contribution is 2.11. The Labute approximate surface area is 67.2 Å². The summed E-state index contributed by atoms with van der Waals surface area (Å²) in [6.45, 7) is 0. The molecule has 4 heteroatoms. The van der Waals surface area contributed by atoms with Gasteiger partial charge >= 0.3 is 0 Å². The minimum absolute atomic E-state index is 0.218. The fourth-order valence-electron chi connectivity index (χ4n) is 1.06. The van der Waals surface area contributed by atoms with E-state index in [-0.39, 0.29) is 11.6 Å². The zero-order chi connectivity index (χ0) is 8.55. The third-order valence-electron chi connectivity index (χ3n) is 1.57. The first-order valence-corrected chi connectivity index (χ1v) is 3.40. The number of nitrogens with one attached hydrogen (secondary N) is 1. The van der Waals surface area contributed by atoms with E-state index < -0.39 is 0 Å². The molecule has 1 aromatic heterocycles. The summed E-state index contributed by atoms with van der Waals surface area (Å²) in [4.78, 5) is 16.8. The van der Waals surface area contributed by atoms with Gasteiger partial charge in [-0.05, 0) is 18.2 Å². The maximum atomic E-state index is 12.6. The first-order valence-electron chi connectivity index (χ1n) is 3.40. The van der Waals surface area contributed by atoms with Crippen molar-refractivity contribution in [2.75, 3.05) is 0 Å². The van der Waals surface area contributed by atoms with Crippen LogP contribution in [0.3, 0.4) is 0 Å². The number of H-pyrrole nitrogens is 1. The van der Waals surface area contributed by atoms with Crippen molar-refractivity contribution in [2.24, 2.45) is 0 Å². The maximum absolute atomic E-state index is 12.6. The first kappa shape index (κ1) is 6.97. The Morgan fingerprint density at radius 2 is 2.33 bits per heavy atom. The number of halogens is 1. The summed E-state index contributed by atoms with van der Waals surface area (Å²) in [5, 5.41) is 0. The van der Waals surface area contributed by atoms with Crippen molar-refractivity contribution >= 4 is 17.3 Å². The first-order chi connectivity index (χ1) is 5.79. The van der Waals surface area contributed by atoms with Crippen LogP contribution >= 0.6 is 0 Å². The Bertz CT molecular complexity index is 436. The van der Waals surface area contributed by atoms with Gasteiger partial charge in [-0.1, -0.05) is 0 Å². The standard InChI is InChI=1S/C8H5FN2O/c9-5-1-2-6-7(3-5)11-8(4-12)10-6/h1-4H,(H,10,11). The van der Waals surface area contributed by atoms with E-state index in [1.54, 1.807) is 0 Å². The summed E-state index contributed by atoms with van der Waals surface area (Å²) >= 11 is 0. The van der Waals surface area contributed by atoms with Crippen LogP contribution in [0.5, 0.6) is 0 Å². The fourth-order valence-corrected chi connectivity index (χ4v) is 1.06. The van der Waals surface area contributed by atoms with Crippen molar-refractivity contribution in [1.82, 2.24) is 9.97 Å². The topological polar surface area (TPSA) is 45.8 Å². The molecule has 3 nitrogen and oxygen atoms in total. The molecular formula is C8H5FN2O. The molecular weight excluding hydrogens is 159 g/mol. The number of hydrogen-bond acceptors (Lipinski definition) is 2. The third-order valence-corrected chi connectivity index (χ3v) is 1.57. The van der Waals surface area contributed by atoms with Gasteiger partial charge in [-0.15, -0.1) is 0 Å². The molecule has 0 spiro atoms. The number of aromatic amines is 1. The van der Waals surface area contributed by atoms with Gasteiger partial charge in [0.1, 0.15) is 5.82 Å². The molecule has 12 heavy (non-hydrogen) atoms. The number of carbonyl (C=O) groups excluding carboxylic acids is 1. The molecule has 60 valence electrons. The summed E-state index contributed by atoms with van der Waals surface area (Å²) in [5.74, 6) is -0.126. The van der Waals surface area contributed by atoms with E-state index >= 15 is 0 Å². The number of nitrogens with zero attached hydrogens (tertiary/aromatic N) is 1. The molecule has 2 rings (SSSR count). The van der Waals surface area contributed by atoms with E-state index in [0.29, 0.717) is 17.3 Å². The average Bonchev–Trinajstić information content (AvgIpc) is 2.46. The largest absolute Gasteiger partial charge is 0.336 e. The van der Waals surface area contributed by atoms with Crippen molar-refractivity contribution in [3.8, 4) is 0 Å². The molecule has 0 atom stereocenters. The lowest BCUT2D eigenvalue weighted by Gasteiger charge is -1.85. The lowest BCUT2D eigenvalue weighted by Crippen LogP contribution is -1.78. The molecule has 2 aromatic rings. The Morgan fingerprint density at radius 3 is 3.08 bits per heavy atom. The van der Waals surface area contributed by atoms with Crippen LogP contribution in [-0.2, 0) is 0 Å². The lowest BCUT2D eigenvalue weighted by molar-refractivity contribution is 0.111. The van der Waals surface area contributed by atoms with Crippen molar-refractivity contribution < 1.29 is 9.18 Å². The van der Waals surface area contributed by atoms with Gasteiger partial charge in [0.25, 0.3) is 0 Å². The van der Waals surface area contributed by atoms with Crippen LogP contribution in [0, 0.1) is 5.82 Å². The van der Waals surface area contributed by atoms with E-state index in [2.05, 4.69) is 9.97 Å². The predicted octanol–water partition coefficient (Wildman–Crippen LogP) is 1.51. The van der Waals surface area contributed by atoms with Gasteiger partial charge < -0.3 is 4.98 Å². The van der Waals surface area contributed by atoms with Gasteiger partial charge in [-0.25, -0.2) is 9.37 Å². The van der Waals surface area contributed by atoms with E-state index in [0.717, 1.165) is 0 Å². The van der Waals surface area contributed by atoms with Crippen molar-refractivity contribution in [3.05, 3.63) is 29.8 Å². The zero-order valence-electron chi connectivity index (χ0n) is 6.04. The molecule has 0 aliphatic rings. The van der Waals surface area contributed by atoms with Crippen LogP contribution in [-0.4, -0.2) is 16.3 Å². The van der Waals surface area contributed by atoms with Crippen LogP contribution in [0.15, 0.2) is 18.2 Å². The molecule has 1 aromatic carbocycles. The normalized spacial score (nSPS) is 10.4. The number of benzene rings is 1. The summed E-state index contributed by atoms with van der Waals surface area (Å²) in [6.07, 6.45) is 0.595. The van der Waals surface area contributed by atoms with E-state index in [1.165, 1.54) is 18.2 Å². The molecule has 0 bridgehead atoms. The van der Waals surface area contributed by atoms with Gasteiger partial charge in [0.05, 0.1) is 11.0 Å². The van der Waals surface area contributed by atoms with Gasteiger partial charge in [-0.2, -0.15) is 0 Å². The maximum Gasteiger partial charge on any atom is 0.185 e. The van der Waals surface area contributed by atoms with Gasteiger partial charge in [-0.3, -0.25) is 4.79 Å². The van der Waals surface area contributed by atoms with Crippen molar-refractivity contribution in [2.45, 2.75) is 0 Å². The molecule has 0 fully saturated rings. The summed E-state index contributed by atoms with van der Waals surface area (Å²) in [5.41, 5.74) is 1.13. The minimum atomic E-state index is -0.344. The molecule has 0 saturated carbocycles. The van der Waals surface area contributed by atoms with Crippen molar-refractivity contribution in [3.63, 3.8) is 0 Å². The smallest absolute Gasteiger partial charge is 0.185 e. The van der Waals surface area contributed by atoms with Gasteiger partial charge in [0, 0.05) is 0 Å². The summed E-state index contributed by atoms with van der Waals surface area (Å²) < 4.78 is 12.6. The number of aldehydes is 1. The number of fused-ring (bicyclic) bond motifs is 1. The average molecular weight is 164 g/mol. The summed E-state index contributed by atoms with van der Waals surface area (Å²) in [7, 11) is 0. The second kappa shape index (κ2) is 2.41. The monoisotopic (exact) mass is 164 g/mol. The van der Waals surface area contributed by atoms with Crippen molar-refractivity contribution in [1.29, 1.82) is 0 Å². The lowest BCUT2D eigenvalue weighted by atomic mass is 10.3. The minimum Gasteiger partial charge on any atom is -0.336 e. The van der Waals surface area contributed by atoms with Crippen LogP contribution in [0.4, 0.5) is 4.39 Å². The Hall–Kier alpha value is -1.71. The summed E-state index contributed by atoms with van der Waals surface area (Å²) in [6, 6.07) is 4.13. The zero-order valence-corrected chi connectivity index (χ0v) is 6.04. The second-order valence-electron chi connectivity index (χ2n) is 2.40. The third kappa shape index (κ3) is 0.972. The molecule has 0 amide bonds. The number of rotatable bonds is 1. The number of imidazole rings is 1. The quantitative estimate of drug-likeness (QED) is 0.649. The van der Waals surface area contributed by atoms with Crippen LogP contribution in [0.2, 0.25) is 0 Å². The van der Waals surface area contributed by atoms with Gasteiger partial charge in [0.2, 0.25) is 0 Å². The van der Waals surface area contributed by atoms with Crippen LogP contribution in [0.25, 0.3) is 11.0 Å². The Kier molecular flexibility index (Phi) is 1.40. The molecule has 0 aliphatic heterocycles. The Balaban J connectivity index is 2.75. The molecule has 1 heterocycles. The molecule has 0 aliphatic carbocycles. The number of aromatic nitrogens is 2. The highest BCUT2D eigenvalue weighted by atomic mass is 19.1. The highest BCUT2D eigenvalue weighted by Gasteiger charge is 2.01. The SMILES string of the molecule is O=Cc1nc2ccc(F)cc2[nH]1. The Morgan fingerprint density at radius 1 is 1.50 bits per heavy atom. The van der Waals surface area contributed by atoms with Crippen LogP contribution in [0.1, 0.15) is 10.6 Å². The predicted molar refractivity (Wildman–Crippen MR) is 41.4 cm³/mol. The van der Waals surface area contributed by atoms with E-state index in [9.17, 15) is 9.18 Å². The van der Waals surface area contributed by atoms with Gasteiger partial charge in [0.15, 0.2) is 12.1 Å². The molecule has 0 unspecified atom stereocenters. The van der Waals surface area contributed by atoms with Crippen LogP contribution < -0.4 is 0 Å².